The van der Waals surface area contributed by atoms with E-state index in [1.807, 2.05) is 31.2 Å². The summed E-state index contributed by atoms with van der Waals surface area (Å²) in [5.74, 6) is 0.561. The molecule has 0 bridgehead atoms. The van der Waals surface area contributed by atoms with Crippen molar-refractivity contribution in [1.29, 1.82) is 0 Å². The van der Waals surface area contributed by atoms with Crippen LogP contribution in [0.1, 0.15) is 51.5 Å². The number of carbonyl (C=O) groups excluding carboxylic acids is 2. The maximum absolute atomic E-state index is 13.3. The van der Waals surface area contributed by atoms with Gasteiger partial charge in [0.1, 0.15) is 6.04 Å². The molecule has 1 N–H and O–H groups in total. The monoisotopic (exact) mass is 528 g/mol. The van der Waals surface area contributed by atoms with E-state index in [2.05, 4.69) is 12.2 Å². The molecule has 0 aliphatic heterocycles. The molecular formula is C25H31Cl3N2O2S. The van der Waals surface area contributed by atoms with Crippen molar-refractivity contribution < 1.29 is 9.59 Å². The lowest BCUT2D eigenvalue weighted by molar-refractivity contribution is -0.141. The zero-order valence-corrected chi connectivity index (χ0v) is 22.2. The Labute approximate surface area is 216 Å². The van der Waals surface area contributed by atoms with Crippen molar-refractivity contribution in [2.24, 2.45) is 0 Å². The van der Waals surface area contributed by atoms with Crippen molar-refractivity contribution >= 4 is 58.4 Å². The van der Waals surface area contributed by atoms with Crippen LogP contribution < -0.4 is 5.32 Å². The van der Waals surface area contributed by atoms with E-state index in [0.717, 1.165) is 23.5 Å². The lowest BCUT2D eigenvalue weighted by Crippen LogP contribution is -2.49. The Hall–Kier alpha value is -1.40. The average molecular weight is 530 g/mol. The van der Waals surface area contributed by atoms with Crippen LogP contribution >= 0.6 is 46.6 Å². The highest BCUT2D eigenvalue weighted by Crippen LogP contribution is 2.28. The Balaban J connectivity index is 2.09. The van der Waals surface area contributed by atoms with Crippen LogP contribution in [0.4, 0.5) is 0 Å². The number of nitrogens with one attached hydrogen (secondary N) is 1. The quantitative estimate of drug-likeness (QED) is 0.220. The number of thioether (sulfide) groups is 1. The van der Waals surface area contributed by atoms with E-state index >= 15 is 0 Å². The van der Waals surface area contributed by atoms with Crippen LogP contribution in [0.3, 0.4) is 0 Å². The molecule has 33 heavy (non-hydrogen) atoms. The molecule has 1 unspecified atom stereocenters. The Morgan fingerprint density at radius 1 is 1.00 bits per heavy atom. The molecule has 2 rings (SSSR count). The van der Waals surface area contributed by atoms with Crippen LogP contribution in [-0.2, 0) is 16.1 Å². The molecule has 0 radical (unpaired) electrons. The predicted molar refractivity (Wildman–Crippen MR) is 140 cm³/mol. The summed E-state index contributed by atoms with van der Waals surface area (Å²) in [7, 11) is 0. The summed E-state index contributed by atoms with van der Waals surface area (Å²) in [6.07, 6.45) is 3.41. The molecule has 2 aromatic rings. The van der Waals surface area contributed by atoms with Crippen molar-refractivity contribution in [1.82, 2.24) is 10.2 Å². The summed E-state index contributed by atoms with van der Waals surface area (Å²) < 4.78 is 0. The number of hydrogen-bond acceptors (Lipinski definition) is 3. The lowest BCUT2D eigenvalue weighted by atomic mass is 10.1. The van der Waals surface area contributed by atoms with Crippen molar-refractivity contribution in [3.63, 3.8) is 0 Å². The average Bonchev–Trinajstić information content (AvgIpc) is 2.79. The van der Waals surface area contributed by atoms with Crippen molar-refractivity contribution in [2.75, 3.05) is 12.3 Å². The standard InChI is InChI=1S/C25H31Cl3N2O2S/c1-3-5-15-29-25(32)23(4-2)30(17-20-21(27)8-6-9-22(20)28)24(31)10-7-16-33-19-13-11-18(26)12-14-19/h6,8-9,11-14,23H,3-5,7,10,15-17H2,1-2H3,(H,29,32). The molecule has 2 amide bonds. The third kappa shape index (κ3) is 9.05. The van der Waals surface area contributed by atoms with Crippen LogP contribution in [-0.4, -0.2) is 35.1 Å². The van der Waals surface area contributed by atoms with E-state index in [1.54, 1.807) is 34.9 Å². The van der Waals surface area contributed by atoms with Crippen LogP contribution in [0, 0.1) is 0 Å². The van der Waals surface area contributed by atoms with E-state index < -0.39 is 6.04 Å². The van der Waals surface area contributed by atoms with Gasteiger partial charge in [-0.25, -0.2) is 0 Å². The van der Waals surface area contributed by atoms with E-state index in [1.165, 1.54) is 0 Å². The fourth-order valence-electron chi connectivity index (χ4n) is 3.37. The molecule has 0 fully saturated rings. The SMILES string of the molecule is CCCCNC(=O)C(CC)N(Cc1c(Cl)cccc1Cl)C(=O)CCCSc1ccc(Cl)cc1. The number of rotatable bonds is 13. The molecule has 0 heterocycles. The maximum Gasteiger partial charge on any atom is 0.242 e. The molecule has 0 aliphatic rings. The molecular weight excluding hydrogens is 499 g/mol. The minimum atomic E-state index is -0.578. The molecule has 0 saturated heterocycles. The highest BCUT2D eigenvalue weighted by atomic mass is 35.5. The van der Waals surface area contributed by atoms with Gasteiger partial charge in [0, 0.05) is 45.0 Å². The van der Waals surface area contributed by atoms with Gasteiger partial charge < -0.3 is 10.2 Å². The van der Waals surface area contributed by atoms with Crippen molar-refractivity contribution in [3.05, 3.63) is 63.1 Å². The van der Waals surface area contributed by atoms with Crippen molar-refractivity contribution in [2.45, 2.75) is 63.4 Å². The number of carbonyl (C=O) groups is 2. The second-order valence-electron chi connectivity index (χ2n) is 7.70. The zero-order valence-electron chi connectivity index (χ0n) is 19.1. The molecule has 1 atom stereocenters. The first kappa shape index (κ1) is 27.8. The van der Waals surface area contributed by atoms with Gasteiger partial charge in [0.2, 0.25) is 11.8 Å². The lowest BCUT2D eigenvalue weighted by Gasteiger charge is -2.31. The van der Waals surface area contributed by atoms with Crippen molar-refractivity contribution in [3.8, 4) is 0 Å². The third-order valence-electron chi connectivity index (χ3n) is 5.22. The summed E-state index contributed by atoms with van der Waals surface area (Å²) in [5.41, 5.74) is 0.657. The number of nitrogens with zero attached hydrogens (tertiary/aromatic N) is 1. The van der Waals surface area contributed by atoms with E-state index in [-0.39, 0.29) is 18.4 Å². The number of benzene rings is 2. The van der Waals surface area contributed by atoms with Gasteiger partial charge in [-0.2, -0.15) is 0 Å². The Morgan fingerprint density at radius 2 is 1.67 bits per heavy atom. The fraction of sp³-hybridized carbons (Fsp3) is 0.440. The van der Waals surface area contributed by atoms with Crippen LogP contribution in [0.5, 0.6) is 0 Å². The Bertz CT molecular complexity index is 889. The van der Waals surface area contributed by atoms with Gasteiger partial charge in [-0.05, 0) is 61.4 Å². The van der Waals surface area contributed by atoms with Gasteiger partial charge in [-0.1, -0.05) is 61.1 Å². The first-order chi connectivity index (χ1) is 15.9. The van der Waals surface area contributed by atoms with Gasteiger partial charge in [0.05, 0.1) is 0 Å². The minimum Gasteiger partial charge on any atom is -0.354 e. The van der Waals surface area contributed by atoms with Crippen LogP contribution in [0.15, 0.2) is 47.4 Å². The first-order valence-electron chi connectivity index (χ1n) is 11.3. The predicted octanol–water partition coefficient (Wildman–Crippen LogP) is 7.24. The summed E-state index contributed by atoms with van der Waals surface area (Å²) in [6.45, 7) is 4.77. The van der Waals surface area contributed by atoms with Gasteiger partial charge in [0.25, 0.3) is 0 Å². The van der Waals surface area contributed by atoms with Gasteiger partial charge in [-0.3, -0.25) is 9.59 Å². The second-order valence-corrected chi connectivity index (χ2v) is 10.1. The minimum absolute atomic E-state index is 0.0832. The van der Waals surface area contributed by atoms with Gasteiger partial charge >= 0.3 is 0 Å². The topological polar surface area (TPSA) is 49.4 Å². The number of hydrogen-bond donors (Lipinski definition) is 1. The smallest absolute Gasteiger partial charge is 0.242 e. The fourth-order valence-corrected chi connectivity index (χ4v) is 4.86. The van der Waals surface area contributed by atoms with E-state index in [4.69, 9.17) is 34.8 Å². The van der Waals surface area contributed by atoms with Crippen LogP contribution in [0.25, 0.3) is 0 Å². The molecule has 8 heteroatoms. The molecule has 0 saturated carbocycles. The Morgan fingerprint density at radius 3 is 2.27 bits per heavy atom. The highest BCUT2D eigenvalue weighted by molar-refractivity contribution is 7.99. The van der Waals surface area contributed by atoms with Crippen LogP contribution in [0.2, 0.25) is 15.1 Å². The third-order valence-corrected chi connectivity index (χ3v) is 7.28. The van der Waals surface area contributed by atoms with E-state index in [9.17, 15) is 9.59 Å². The largest absolute Gasteiger partial charge is 0.354 e. The molecule has 2 aromatic carbocycles. The summed E-state index contributed by atoms with van der Waals surface area (Å²) in [5, 5.41) is 4.64. The Kier molecular flexibility index (Phi) is 12.5. The molecule has 0 spiro atoms. The first-order valence-corrected chi connectivity index (χ1v) is 13.4. The second kappa shape index (κ2) is 14.8. The van der Waals surface area contributed by atoms with Gasteiger partial charge in [0.15, 0.2) is 0 Å². The maximum atomic E-state index is 13.3. The summed E-state index contributed by atoms with van der Waals surface area (Å²) >= 11 is 20.4. The number of halogens is 3. The number of amides is 2. The molecule has 180 valence electrons. The number of unbranched alkanes of at least 4 members (excludes halogenated alkanes) is 1. The van der Waals surface area contributed by atoms with E-state index in [0.29, 0.717) is 46.4 Å². The zero-order chi connectivity index (χ0) is 24.2. The highest BCUT2D eigenvalue weighted by Gasteiger charge is 2.29. The molecule has 0 aromatic heterocycles. The summed E-state index contributed by atoms with van der Waals surface area (Å²) in [6, 6.07) is 12.3. The van der Waals surface area contributed by atoms with Gasteiger partial charge in [-0.15, -0.1) is 11.8 Å². The summed E-state index contributed by atoms with van der Waals surface area (Å²) in [4.78, 5) is 28.9. The normalized spacial score (nSPS) is 11.8. The molecule has 4 nitrogen and oxygen atoms in total. The molecule has 0 aliphatic carbocycles.